The number of nitrogens with one attached hydrogen (secondary N) is 1. The summed E-state index contributed by atoms with van der Waals surface area (Å²) in [5, 5.41) is 3.97. The Bertz CT molecular complexity index is 482. The third kappa shape index (κ3) is 3.70. The molecule has 0 spiro atoms. The molecule has 20 heavy (non-hydrogen) atoms. The second kappa shape index (κ2) is 7.04. The summed E-state index contributed by atoms with van der Waals surface area (Å²) < 4.78 is 0. The molecule has 2 rings (SSSR count). The van der Waals surface area contributed by atoms with Gasteiger partial charge in [0, 0.05) is 23.0 Å². The molecular weight excluding hydrogens is 316 g/mol. The van der Waals surface area contributed by atoms with Crippen LogP contribution < -0.4 is 5.32 Å². The number of rotatable bonds is 4. The third-order valence-electron chi connectivity index (χ3n) is 3.75. The Labute approximate surface area is 129 Å². The Kier molecular flexibility index (Phi) is 5.38. The van der Waals surface area contributed by atoms with E-state index in [1.54, 1.807) is 0 Å². The van der Waals surface area contributed by atoms with Gasteiger partial charge in [-0.1, -0.05) is 40.2 Å². The molecule has 2 unspecified atom stereocenters. The zero-order chi connectivity index (χ0) is 14.5. The fourth-order valence-corrected chi connectivity index (χ4v) is 2.90. The average molecular weight is 337 g/mol. The number of hydrogen-bond acceptors (Lipinski definition) is 2. The monoisotopic (exact) mass is 336 g/mol. The second-order valence-corrected chi connectivity index (χ2v) is 5.95. The summed E-state index contributed by atoms with van der Waals surface area (Å²) in [6.45, 7) is 0. The quantitative estimate of drug-likeness (QED) is 0.677. The molecule has 1 aliphatic carbocycles. The van der Waals surface area contributed by atoms with E-state index in [4.69, 9.17) is 0 Å². The number of carbonyl (C=O) groups is 1. The molecule has 0 saturated carbocycles. The fourth-order valence-electron chi connectivity index (χ4n) is 2.52. The number of carbonyl (C=O) groups excluding carboxylic acids is 1. The van der Waals surface area contributed by atoms with E-state index >= 15 is 0 Å². The van der Waals surface area contributed by atoms with Crippen LogP contribution in [-0.2, 0) is 5.33 Å². The van der Waals surface area contributed by atoms with Crippen molar-refractivity contribution in [1.82, 2.24) is 10.2 Å². The first kappa shape index (κ1) is 15.3. The zero-order valence-corrected chi connectivity index (χ0v) is 13.6. The van der Waals surface area contributed by atoms with E-state index in [2.05, 4.69) is 52.4 Å². The van der Waals surface area contributed by atoms with Crippen LogP contribution in [0.2, 0.25) is 0 Å². The Hall–Kier alpha value is -1.13. The van der Waals surface area contributed by atoms with Crippen molar-refractivity contribution in [2.45, 2.75) is 30.3 Å². The summed E-state index contributed by atoms with van der Waals surface area (Å²) in [5.74, 6) is 0.0123. The van der Waals surface area contributed by atoms with Gasteiger partial charge in [0.1, 0.15) is 0 Å². The first-order chi connectivity index (χ1) is 9.61. The van der Waals surface area contributed by atoms with E-state index in [9.17, 15) is 4.79 Å². The molecule has 1 N–H and O–H groups in total. The van der Waals surface area contributed by atoms with Gasteiger partial charge in [-0.25, -0.2) is 0 Å². The van der Waals surface area contributed by atoms with Crippen LogP contribution in [0.5, 0.6) is 0 Å². The third-order valence-corrected chi connectivity index (χ3v) is 4.40. The van der Waals surface area contributed by atoms with Crippen molar-refractivity contribution in [1.29, 1.82) is 0 Å². The van der Waals surface area contributed by atoms with Gasteiger partial charge in [0.2, 0.25) is 0 Å². The van der Waals surface area contributed by atoms with Crippen molar-refractivity contribution in [3.8, 4) is 0 Å². The molecule has 1 aliphatic rings. The van der Waals surface area contributed by atoms with Gasteiger partial charge in [0.25, 0.3) is 5.91 Å². The van der Waals surface area contributed by atoms with E-state index in [1.807, 2.05) is 24.3 Å². The van der Waals surface area contributed by atoms with Gasteiger partial charge in [0.15, 0.2) is 0 Å². The molecule has 108 valence electrons. The smallest absolute Gasteiger partial charge is 0.251 e. The Morgan fingerprint density at radius 2 is 1.90 bits per heavy atom. The van der Waals surface area contributed by atoms with Gasteiger partial charge in [0.05, 0.1) is 0 Å². The largest absolute Gasteiger partial charge is 0.347 e. The molecule has 0 fully saturated rings. The predicted octanol–water partition coefficient (Wildman–Crippen LogP) is 2.96. The minimum atomic E-state index is 0.0123. The normalized spacial score (nSPS) is 22.0. The van der Waals surface area contributed by atoms with Gasteiger partial charge in [-0.3, -0.25) is 4.79 Å². The molecular formula is C16H21BrN2O. The topological polar surface area (TPSA) is 32.3 Å². The molecule has 1 aromatic carbocycles. The van der Waals surface area contributed by atoms with Gasteiger partial charge in [-0.05, 0) is 44.6 Å². The SMILES string of the molecule is CN(C)C1CC=CCC1NC(=O)c1ccc(CBr)cc1. The van der Waals surface area contributed by atoms with E-state index in [0.717, 1.165) is 23.7 Å². The number of nitrogens with zero attached hydrogens (tertiary/aromatic N) is 1. The van der Waals surface area contributed by atoms with Crippen LogP contribution in [0.15, 0.2) is 36.4 Å². The summed E-state index contributed by atoms with van der Waals surface area (Å²) in [4.78, 5) is 14.5. The van der Waals surface area contributed by atoms with Gasteiger partial charge in [-0.2, -0.15) is 0 Å². The van der Waals surface area contributed by atoms with Crippen LogP contribution in [0.1, 0.15) is 28.8 Å². The first-order valence-electron chi connectivity index (χ1n) is 6.89. The van der Waals surface area contributed by atoms with E-state index in [0.29, 0.717) is 6.04 Å². The predicted molar refractivity (Wildman–Crippen MR) is 86.2 cm³/mol. The number of halogens is 1. The van der Waals surface area contributed by atoms with Crippen molar-refractivity contribution in [3.05, 3.63) is 47.5 Å². The minimum Gasteiger partial charge on any atom is -0.347 e. The first-order valence-corrected chi connectivity index (χ1v) is 8.01. The van der Waals surface area contributed by atoms with Crippen molar-refractivity contribution in [2.24, 2.45) is 0 Å². The number of likely N-dealkylation sites (N-methyl/N-ethyl adjacent to an activating group) is 1. The summed E-state index contributed by atoms with van der Waals surface area (Å²) >= 11 is 3.41. The standard InChI is InChI=1S/C16H21BrN2O/c1-19(2)15-6-4-3-5-14(15)18-16(20)13-9-7-12(11-17)8-10-13/h3-4,7-10,14-15H,5-6,11H2,1-2H3,(H,18,20). The molecule has 0 saturated heterocycles. The maximum atomic E-state index is 12.3. The van der Waals surface area contributed by atoms with Gasteiger partial charge >= 0.3 is 0 Å². The van der Waals surface area contributed by atoms with Crippen LogP contribution in [-0.4, -0.2) is 37.0 Å². The molecule has 0 heterocycles. The lowest BCUT2D eigenvalue weighted by atomic mass is 9.94. The molecule has 0 aliphatic heterocycles. The summed E-state index contributed by atoms with van der Waals surface area (Å²) in [5.41, 5.74) is 1.90. The highest BCUT2D eigenvalue weighted by Crippen LogP contribution is 2.17. The summed E-state index contributed by atoms with van der Waals surface area (Å²) in [6, 6.07) is 8.27. The molecule has 0 bridgehead atoms. The summed E-state index contributed by atoms with van der Waals surface area (Å²) in [6.07, 6.45) is 6.23. The highest BCUT2D eigenvalue weighted by atomic mass is 79.9. The molecule has 4 heteroatoms. The lowest BCUT2D eigenvalue weighted by Crippen LogP contribution is -2.50. The van der Waals surface area contributed by atoms with Crippen LogP contribution in [0.4, 0.5) is 0 Å². The minimum absolute atomic E-state index is 0.0123. The highest BCUT2D eigenvalue weighted by molar-refractivity contribution is 9.08. The second-order valence-electron chi connectivity index (χ2n) is 5.38. The van der Waals surface area contributed by atoms with Crippen molar-refractivity contribution in [2.75, 3.05) is 14.1 Å². The Morgan fingerprint density at radius 3 is 2.50 bits per heavy atom. The van der Waals surface area contributed by atoms with Crippen LogP contribution in [0.25, 0.3) is 0 Å². The van der Waals surface area contributed by atoms with Crippen molar-refractivity contribution >= 4 is 21.8 Å². The Morgan fingerprint density at radius 1 is 1.25 bits per heavy atom. The summed E-state index contributed by atoms with van der Waals surface area (Å²) in [7, 11) is 4.13. The maximum absolute atomic E-state index is 12.3. The van der Waals surface area contributed by atoms with Crippen molar-refractivity contribution in [3.63, 3.8) is 0 Å². The maximum Gasteiger partial charge on any atom is 0.251 e. The average Bonchev–Trinajstić information content (AvgIpc) is 2.47. The zero-order valence-electron chi connectivity index (χ0n) is 12.0. The van der Waals surface area contributed by atoms with Crippen LogP contribution >= 0.6 is 15.9 Å². The Balaban J connectivity index is 2.04. The van der Waals surface area contributed by atoms with Crippen LogP contribution in [0, 0.1) is 0 Å². The molecule has 1 amide bonds. The molecule has 0 aromatic heterocycles. The number of benzene rings is 1. The molecule has 1 aromatic rings. The van der Waals surface area contributed by atoms with Gasteiger partial charge < -0.3 is 10.2 Å². The number of alkyl halides is 1. The van der Waals surface area contributed by atoms with E-state index < -0.39 is 0 Å². The number of hydrogen-bond donors (Lipinski definition) is 1. The number of amides is 1. The lowest BCUT2D eigenvalue weighted by molar-refractivity contribution is 0.0907. The lowest BCUT2D eigenvalue weighted by Gasteiger charge is -2.34. The van der Waals surface area contributed by atoms with Gasteiger partial charge in [-0.15, -0.1) is 0 Å². The fraction of sp³-hybridized carbons (Fsp3) is 0.438. The highest BCUT2D eigenvalue weighted by Gasteiger charge is 2.25. The van der Waals surface area contributed by atoms with E-state index in [1.165, 1.54) is 5.56 Å². The molecule has 3 nitrogen and oxygen atoms in total. The van der Waals surface area contributed by atoms with Crippen LogP contribution in [0.3, 0.4) is 0 Å². The van der Waals surface area contributed by atoms with Crippen molar-refractivity contribution < 1.29 is 4.79 Å². The molecule has 0 radical (unpaired) electrons. The van der Waals surface area contributed by atoms with E-state index in [-0.39, 0.29) is 11.9 Å². The molecule has 2 atom stereocenters.